The SMILES string of the molecule is [C-]#[N+]c1cnc(N[C@H](C)c2cnc(N3CCN(C)CC3)cc2F)nc1-c1c[nH]c2ncc(C)cc12. The maximum atomic E-state index is 15.1. The van der Waals surface area contributed by atoms with Crippen LogP contribution >= 0.6 is 0 Å². The molecule has 178 valence electrons. The number of hydrogen-bond donors (Lipinski definition) is 2. The number of likely N-dealkylation sites (N-methyl/N-ethyl adjacent to an activating group) is 1. The highest BCUT2D eigenvalue weighted by Gasteiger charge is 2.20. The third-order valence-electron chi connectivity index (χ3n) is 6.32. The van der Waals surface area contributed by atoms with Gasteiger partial charge in [-0.3, -0.25) is 0 Å². The van der Waals surface area contributed by atoms with Gasteiger partial charge in [-0.2, -0.15) is 0 Å². The summed E-state index contributed by atoms with van der Waals surface area (Å²) >= 11 is 0. The Labute approximate surface area is 202 Å². The van der Waals surface area contributed by atoms with Gasteiger partial charge in [-0.15, -0.1) is 0 Å². The van der Waals surface area contributed by atoms with Crippen LogP contribution in [0.15, 0.2) is 36.9 Å². The van der Waals surface area contributed by atoms with Crippen LogP contribution in [0.1, 0.15) is 24.1 Å². The molecule has 1 fully saturated rings. The second-order valence-corrected chi connectivity index (χ2v) is 8.87. The van der Waals surface area contributed by atoms with Crippen LogP contribution < -0.4 is 10.2 Å². The number of pyridine rings is 2. The van der Waals surface area contributed by atoms with E-state index in [-0.39, 0.29) is 5.82 Å². The number of rotatable bonds is 5. The lowest BCUT2D eigenvalue weighted by molar-refractivity contribution is 0.312. The maximum Gasteiger partial charge on any atom is 0.231 e. The molecular formula is C25H26FN9. The van der Waals surface area contributed by atoms with E-state index in [2.05, 4.69) is 51.9 Å². The lowest BCUT2D eigenvalue weighted by atomic mass is 10.1. The number of nitrogens with one attached hydrogen (secondary N) is 2. The van der Waals surface area contributed by atoms with Gasteiger partial charge in [0.05, 0.1) is 18.3 Å². The zero-order valence-electron chi connectivity index (χ0n) is 19.9. The molecule has 1 saturated heterocycles. The van der Waals surface area contributed by atoms with Gasteiger partial charge in [0.15, 0.2) is 0 Å². The minimum Gasteiger partial charge on any atom is -0.354 e. The van der Waals surface area contributed by atoms with Gasteiger partial charge in [-0.25, -0.2) is 29.2 Å². The molecule has 0 bridgehead atoms. The van der Waals surface area contributed by atoms with Gasteiger partial charge in [0.25, 0.3) is 0 Å². The van der Waals surface area contributed by atoms with Crippen LogP contribution in [0.5, 0.6) is 0 Å². The monoisotopic (exact) mass is 471 g/mol. The number of aromatic nitrogens is 5. The lowest BCUT2D eigenvalue weighted by Gasteiger charge is -2.33. The van der Waals surface area contributed by atoms with E-state index in [9.17, 15) is 0 Å². The Morgan fingerprint density at radius 2 is 1.91 bits per heavy atom. The van der Waals surface area contributed by atoms with E-state index in [1.807, 2.05) is 19.9 Å². The highest BCUT2D eigenvalue weighted by Crippen LogP contribution is 2.34. The highest BCUT2D eigenvalue weighted by atomic mass is 19.1. The first kappa shape index (κ1) is 22.7. The number of aryl methyl sites for hydroxylation is 1. The van der Waals surface area contributed by atoms with Crippen molar-refractivity contribution < 1.29 is 4.39 Å². The van der Waals surface area contributed by atoms with E-state index in [4.69, 9.17) is 6.57 Å². The van der Waals surface area contributed by atoms with Crippen molar-refractivity contribution in [1.29, 1.82) is 0 Å². The van der Waals surface area contributed by atoms with Gasteiger partial charge in [-0.1, -0.05) is 0 Å². The molecule has 4 aromatic rings. The van der Waals surface area contributed by atoms with Crippen LogP contribution in [0.3, 0.4) is 0 Å². The molecule has 9 nitrogen and oxygen atoms in total. The molecule has 1 aliphatic rings. The summed E-state index contributed by atoms with van der Waals surface area (Å²) in [5.74, 6) is 0.622. The Morgan fingerprint density at radius 1 is 1.11 bits per heavy atom. The van der Waals surface area contributed by atoms with Gasteiger partial charge in [0.2, 0.25) is 11.6 Å². The molecule has 0 aromatic carbocycles. The molecule has 0 radical (unpaired) electrons. The first-order valence-electron chi connectivity index (χ1n) is 11.5. The molecule has 0 amide bonds. The second-order valence-electron chi connectivity index (χ2n) is 8.87. The molecule has 4 aromatic heterocycles. The van der Waals surface area contributed by atoms with Gasteiger partial charge in [0.1, 0.15) is 17.3 Å². The first-order valence-corrected chi connectivity index (χ1v) is 11.5. The Balaban J connectivity index is 1.40. The summed E-state index contributed by atoms with van der Waals surface area (Å²) in [7, 11) is 2.08. The molecule has 35 heavy (non-hydrogen) atoms. The number of fused-ring (bicyclic) bond motifs is 1. The molecule has 2 N–H and O–H groups in total. The number of anilines is 2. The van der Waals surface area contributed by atoms with E-state index in [0.717, 1.165) is 48.3 Å². The predicted octanol–water partition coefficient (Wildman–Crippen LogP) is 4.34. The summed E-state index contributed by atoms with van der Waals surface area (Å²) in [5.41, 5.74) is 3.74. The van der Waals surface area contributed by atoms with E-state index in [0.29, 0.717) is 28.7 Å². The fourth-order valence-electron chi connectivity index (χ4n) is 4.26. The fourth-order valence-corrected chi connectivity index (χ4v) is 4.26. The average molecular weight is 472 g/mol. The minimum absolute atomic E-state index is 0.303. The molecule has 1 atom stereocenters. The molecule has 10 heteroatoms. The number of aromatic amines is 1. The van der Waals surface area contributed by atoms with Gasteiger partial charge in [0, 0.05) is 73.5 Å². The molecule has 5 heterocycles. The normalized spacial score (nSPS) is 15.2. The fraction of sp³-hybridized carbons (Fsp3) is 0.320. The molecule has 0 aliphatic carbocycles. The predicted molar refractivity (Wildman–Crippen MR) is 134 cm³/mol. The summed E-state index contributed by atoms with van der Waals surface area (Å²) < 4.78 is 15.1. The van der Waals surface area contributed by atoms with Crippen molar-refractivity contribution >= 4 is 28.5 Å². The van der Waals surface area contributed by atoms with Crippen molar-refractivity contribution in [1.82, 2.24) is 29.8 Å². The Morgan fingerprint density at radius 3 is 2.66 bits per heavy atom. The molecule has 0 spiro atoms. The van der Waals surface area contributed by atoms with E-state index in [1.165, 1.54) is 12.3 Å². The van der Waals surface area contributed by atoms with Crippen LogP contribution in [0.2, 0.25) is 0 Å². The van der Waals surface area contributed by atoms with E-state index < -0.39 is 6.04 Å². The first-order chi connectivity index (χ1) is 16.9. The Bertz CT molecular complexity index is 1420. The third kappa shape index (κ3) is 4.50. The number of halogens is 1. The van der Waals surface area contributed by atoms with Crippen molar-refractivity contribution in [3.63, 3.8) is 0 Å². The van der Waals surface area contributed by atoms with Crippen LogP contribution in [0, 0.1) is 19.3 Å². The second kappa shape index (κ2) is 9.27. The molecule has 0 saturated carbocycles. The topological polar surface area (TPSA) is 90.2 Å². The smallest absolute Gasteiger partial charge is 0.231 e. The van der Waals surface area contributed by atoms with E-state index >= 15 is 4.39 Å². The van der Waals surface area contributed by atoms with Gasteiger partial charge in [-0.05, 0) is 32.5 Å². The van der Waals surface area contributed by atoms with Crippen molar-refractivity contribution in [3.05, 3.63) is 65.3 Å². The van der Waals surface area contributed by atoms with Crippen LogP contribution in [-0.2, 0) is 0 Å². The van der Waals surface area contributed by atoms with Crippen LogP contribution in [-0.4, -0.2) is 63.0 Å². The summed E-state index contributed by atoms with van der Waals surface area (Å²) in [6, 6.07) is 3.07. The maximum absolute atomic E-state index is 15.1. The number of hydrogen-bond acceptors (Lipinski definition) is 7. The number of nitrogens with zero attached hydrogens (tertiary/aromatic N) is 7. The largest absolute Gasteiger partial charge is 0.354 e. The molecule has 0 unspecified atom stereocenters. The van der Waals surface area contributed by atoms with Gasteiger partial charge < -0.3 is 20.1 Å². The number of H-pyrrole nitrogens is 1. The zero-order valence-corrected chi connectivity index (χ0v) is 19.9. The summed E-state index contributed by atoms with van der Waals surface area (Å²) in [5, 5.41) is 4.04. The van der Waals surface area contributed by atoms with Crippen molar-refractivity contribution in [2.24, 2.45) is 0 Å². The summed E-state index contributed by atoms with van der Waals surface area (Å²) in [4.78, 5) is 28.9. The van der Waals surface area contributed by atoms with Crippen LogP contribution in [0.4, 0.5) is 21.8 Å². The van der Waals surface area contributed by atoms with Crippen molar-refractivity contribution in [2.75, 3.05) is 43.4 Å². The molecular weight excluding hydrogens is 445 g/mol. The quantitative estimate of drug-likeness (QED) is 0.419. The highest BCUT2D eigenvalue weighted by molar-refractivity contribution is 5.96. The minimum atomic E-state index is -0.428. The Hall–Kier alpha value is -4.10. The lowest BCUT2D eigenvalue weighted by Crippen LogP contribution is -2.44. The molecule has 5 rings (SSSR count). The standard InChI is InChI=1S/C25H26FN9/c1-15-9-17-19(13-30-24(17)29-11-15)23-21(27-3)14-31-25(33-23)32-16(2)18-12-28-22(10-20(18)26)35-7-5-34(4)6-8-35/h9-14,16H,5-8H2,1-2,4H3,(H,29,30)(H,31,32,33)/t16-/m1/s1. The summed E-state index contributed by atoms with van der Waals surface area (Å²) in [6.45, 7) is 14.9. The summed E-state index contributed by atoms with van der Waals surface area (Å²) in [6.07, 6.45) is 6.63. The van der Waals surface area contributed by atoms with Crippen molar-refractivity contribution in [3.8, 4) is 11.3 Å². The Kier molecular flexibility index (Phi) is 6.01. The third-order valence-corrected chi connectivity index (χ3v) is 6.32. The zero-order chi connectivity index (χ0) is 24.5. The van der Waals surface area contributed by atoms with E-state index in [1.54, 1.807) is 18.6 Å². The molecule has 1 aliphatic heterocycles. The van der Waals surface area contributed by atoms with Gasteiger partial charge >= 0.3 is 0 Å². The average Bonchev–Trinajstić information content (AvgIpc) is 3.27. The van der Waals surface area contributed by atoms with Crippen molar-refractivity contribution in [2.45, 2.75) is 19.9 Å². The number of piperazine rings is 1. The van der Waals surface area contributed by atoms with Crippen LogP contribution in [0.25, 0.3) is 27.1 Å².